The van der Waals surface area contributed by atoms with E-state index in [-0.39, 0.29) is 27.0 Å². The Bertz CT molecular complexity index is 1710. The monoisotopic (exact) mass is 556 g/mol. The number of hydrogen-bond donors (Lipinski definition) is 1. The Morgan fingerprint density at radius 1 is 0.875 bits per heavy atom. The number of amidine groups is 1. The average molecular weight is 557 g/mol. The van der Waals surface area contributed by atoms with Gasteiger partial charge in [0.2, 0.25) is 0 Å². The summed E-state index contributed by atoms with van der Waals surface area (Å²) in [5.74, 6) is -0.681. The Labute approximate surface area is 229 Å². The molecule has 0 bridgehead atoms. The van der Waals surface area contributed by atoms with Gasteiger partial charge in [-0.3, -0.25) is 29.9 Å². The Morgan fingerprint density at radius 2 is 1.48 bits per heavy atom. The minimum atomic E-state index is -1.04. The molecule has 0 unspecified atom stereocenters. The number of rotatable bonds is 7. The number of carboxylic acids is 1. The second-order valence-electron chi connectivity index (χ2n) is 8.28. The first kappa shape index (κ1) is 26.1. The van der Waals surface area contributed by atoms with E-state index in [2.05, 4.69) is 4.99 Å². The Hall–Kier alpha value is -5.56. The van der Waals surface area contributed by atoms with Crippen LogP contribution in [-0.4, -0.2) is 32.0 Å². The zero-order valence-electron chi connectivity index (χ0n) is 20.2. The molecule has 5 rings (SSSR count). The van der Waals surface area contributed by atoms with Crippen molar-refractivity contribution >= 4 is 57.6 Å². The van der Waals surface area contributed by atoms with E-state index >= 15 is 0 Å². The standard InChI is InChI=1S/C27H16N4O8S/c32-25-24(15-22-13-14-23(39-22)16-1-3-17(4-2-16)26(33)34)40-27(28-18-5-7-20(8-6-18)30(35)36)29(25)19-9-11-21(12-10-19)31(37)38/h1-15H,(H,33,34)/b24-15+,28-27?. The summed E-state index contributed by atoms with van der Waals surface area (Å²) in [5, 5.41) is 31.4. The van der Waals surface area contributed by atoms with Crippen LogP contribution in [0.1, 0.15) is 16.1 Å². The molecule has 2 heterocycles. The van der Waals surface area contributed by atoms with Crippen molar-refractivity contribution < 1.29 is 29.0 Å². The van der Waals surface area contributed by atoms with Crippen LogP contribution in [0, 0.1) is 20.2 Å². The molecule has 0 aliphatic carbocycles. The minimum Gasteiger partial charge on any atom is -0.478 e. The zero-order valence-corrected chi connectivity index (χ0v) is 21.0. The number of amides is 1. The highest BCUT2D eigenvalue weighted by Gasteiger charge is 2.35. The Kier molecular flexibility index (Phi) is 6.95. The van der Waals surface area contributed by atoms with Crippen LogP contribution in [0.4, 0.5) is 22.7 Å². The number of nitrogens with zero attached hydrogens (tertiary/aromatic N) is 4. The van der Waals surface area contributed by atoms with Gasteiger partial charge in [-0.25, -0.2) is 9.79 Å². The molecular formula is C27H16N4O8S. The van der Waals surface area contributed by atoms with Crippen molar-refractivity contribution in [3.63, 3.8) is 0 Å². The third-order valence-electron chi connectivity index (χ3n) is 5.73. The summed E-state index contributed by atoms with van der Waals surface area (Å²) in [6, 6.07) is 20.3. The summed E-state index contributed by atoms with van der Waals surface area (Å²) in [4.78, 5) is 51.6. The number of carbonyl (C=O) groups is 2. The molecule has 1 N–H and O–H groups in total. The maximum atomic E-state index is 13.5. The van der Waals surface area contributed by atoms with Crippen molar-refractivity contribution in [1.29, 1.82) is 0 Å². The fraction of sp³-hybridized carbons (Fsp3) is 0. The summed E-state index contributed by atoms with van der Waals surface area (Å²) in [5.41, 5.74) is 1.22. The van der Waals surface area contributed by atoms with E-state index in [0.29, 0.717) is 28.5 Å². The summed E-state index contributed by atoms with van der Waals surface area (Å²) in [6.45, 7) is 0. The number of furan rings is 1. The molecule has 13 heteroatoms. The van der Waals surface area contributed by atoms with Gasteiger partial charge < -0.3 is 9.52 Å². The summed E-state index contributed by atoms with van der Waals surface area (Å²) < 4.78 is 5.87. The molecule has 198 valence electrons. The molecular weight excluding hydrogens is 540 g/mol. The fourth-order valence-corrected chi connectivity index (χ4v) is 4.73. The molecule has 1 amide bonds. The molecule has 1 aliphatic rings. The van der Waals surface area contributed by atoms with Gasteiger partial charge in [-0.15, -0.1) is 0 Å². The number of hydrogen-bond acceptors (Lipinski definition) is 9. The van der Waals surface area contributed by atoms with E-state index in [0.717, 1.165) is 11.8 Å². The predicted molar refractivity (Wildman–Crippen MR) is 147 cm³/mol. The number of aromatic carboxylic acids is 1. The van der Waals surface area contributed by atoms with Gasteiger partial charge in [-0.1, -0.05) is 12.1 Å². The van der Waals surface area contributed by atoms with Gasteiger partial charge in [0.25, 0.3) is 17.3 Å². The van der Waals surface area contributed by atoms with E-state index < -0.39 is 21.7 Å². The first-order valence-corrected chi connectivity index (χ1v) is 12.3. The predicted octanol–water partition coefficient (Wildman–Crippen LogP) is 6.27. The van der Waals surface area contributed by atoms with Crippen LogP contribution in [-0.2, 0) is 4.79 Å². The van der Waals surface area contributed by atoms with E-state index in [4.69, 9.17) is 9.52 Å². The van der Waals surface area contributed by atoms with E-state index in [9.17, 15) is 29.8 Å². The van der Waals surface area contributed by atoms with Gasteiger partial charge in [0.1, 0.15) is 11.5 Å². The van der Waals surface area contributed by atoms with E-state index in [1.165, 1.54) is 71.6 Å². The number of nitro benzene ring substituents is 2. The third kappa shape index (κ3) is 5.35. The van der Waals surface area contributed by atoms with Crippen molar-refractivity contribution in [2.45, 2.75) is 0 Å². The maximum Gasteiger partial charge on any atom is 0.335 e. The molecule has 1 saturated heterocycles. The molecule has 40 heavy (non-hydrogen) atoms. The molecule has 4 aromatic rings. The molecule has 0 atom stereocenters. The number of aliphatic imine (C=N–C) groups is 1. The van der Waals surface area contributed by atoms with Gasteiger partial charge in [-0.2, -0.15) is 0 Å². The van der Waals surface area contributed by atoms with E-state index in [1.54, 1.807) is 24.3 Å². The molecule has 1 aromatic heterocycles. The van der Waals surface area contributed by atoms with Crippen molar-refractivity contribution in [1.82, 2.24) is 0 Å². The highest BCUT2D eigenvalue weighted by Crippen LogP contribution is 2.38. The highest BCUT2D eigenvalue weighted by atomic mass is 32.2. The number of carbonyl (C=O) groups excluding carboxylic acids is 1. The van der Waals surface area contributed by atoms with Gasteiger partial charge in [-0.05, 0) is 60.3 Å². The topological polar surface area (TPSA) is 169 Å². The van der Waals surface area contributed by atoms with Gasteiger partial charge >= 0.3 is 5.97 Å². The van der Waals surface area contributed by atoms with Gasteiger partial charge in [0.05, 0.1) is 31.7 Å². The normalized spacial score (nSPS) is 15.1. The quantitative estimate of drug-likeness (QED) is 0.156. The lowest BCUT2D eigenvalue weighted by molar-refractivity contribution is -0.385. The minimum absolute atomic E-state index is 0.113. The van der Waals surface area contributed by atoms with Crippen LogP contribution >= 0.6 is 11.8 Å². The second kappa shape index (κ2) is 10.7. The fourth-order valence-electron chi connectivity index (χ4n) is 3.75. The summed E-state index contributed by atoms with van der Waals surface area (Å²) in [7, 11) is 0. The number of thioether (sulfide) groups is 1. The van der Waals surface area contributed by atoms with Gasteiger partial charge in [0.15, 0.2) is 5.17 Å². The van der Waals surface area contributed by atoms with Crippen molar-refractivity contribution in [3.8, 4) is 11.3 Å². The Balaban J connectivity index is 1.49. The molecule has 0 radical (unpaired) electrons. The largest absolute Gasteiger partial charge is 0.478 e. The van der Waals surface area contributed by atoms with Gasteiger partial charge in [0, 0.05) is 35.9 Å². The molecule has 1 fully saturated rings. The van der Waals surface area contributed by atoms with Crippen LogP contribution in [0.25, 0.3) is 17.4 Å². The molecule has 0 spiro atoms. The van der Waals surface area contributed by atoms with E-state index in [1.807, 2.05) is 0 Å². The molecule has 0 saturated carbocycles. The number of benzene rings is 3. The lowest BCUT2D eigenvalue weighted by atomic mass is 10.1. The molecule has 12 nitrogen and oxygen atoms in total. The number of nitro groups is 2. The lowest BCUT2D eigenvalue weighted by Crippen LogP contribution is -2.28. The van der Waals surface area contributed by atoms with Crippen LogP contribution in [0.3, 0.4) is 0 Å². The number of non-ortho nitro benzene ring substituents is 2. The smallest absolute Gasteiger partial charge is 0.335 e. The lowest BCUT2D eigenvalue weighted by Gasteiger charge is -2.15. The summed E-state index contributed by atoms with van der Waals surface area (Å²) >= 11 is 1.04. The summed E-state index contributed by atoms with van der Waals surface area (Å²) in [6.07, 6.45) is 1.53. The van der Waals surface area contributed by atoms with Crippen molar-refractivity contribution in [2.24, 2.45) is 4.99 Å². The highest BCUT2D eigenvalue weighted by molar-refractivity contribution is 8.19. The van der Waals surface area contributed by atoms with Crippen LogP contribution in [0.2, 0.25) is 0 Å². The second-order valence-corrected chi connectivity index (χ2v) is 9.29. The molecule has 1 aliphatic heterocycles. The maximum absolute atomic E-state index is 13.5. The van der Waals surface area contributed by atoms with Crippen LogP contribution in [0.15, 0.2) is 99.2 Å². The Morgan fingerprint density at radius 3 is 2.05 bits per heavy atom. The number of carboxylic acid groups (broad SMARTS) is 1. The zero-order chi connectivity index (χ0) is 28.4. The third-order valence-corrected chi connectivity index (χ3v) is 6.70. The van der Waals surface area contributed by atoms with Crippen molar-refractivity contribution in [2.75, 3.05) is 4.90 Å². The SMILES string of the molecule is O=C(O)c1ccc(-c2ccc(/C=C3/SC(=Nc4ccc([N+](=O)[O-])cc4)N(c4ccc([N+](=O)[O-])cc4)C3=O)o2)cc1. The number of anilines is 1. The first-order chi connectivity index (χ1) is 19.2. The van der Waals surface area contributed by atoms with Crippen molar-refractivity contribution in [3.05, 3.63) is 121 Å². The molecule has 3 aromatic carbocycles. The van der Waals surface area contributed by atoms with Crippen LogP contribution < -0.4 is 4.90 Å². The first-order valence-electron chi connectivity index (χ1n) is 11.4. The average Bonchev–Trinajstić information content (AvgIpc) is 3.53. The van der Waals surface area contributed by atoms with Crippen LogP contribution in [0.5, 0.6) is 0 Å².